The summed E-state index contributed by atoms with van der Waals surface area (Å²) in [6, 6.07) is 2.87. The molecule has 0 aliphatic heterocycles. The van der Waals surface area contributed by atoms with Gasteiger partial charge in [0.05, 0.1) is 26.3 Å². The van der Waals surface area contributed by atoms with E-state index in [0.29, 0.717) is 11.1 Å². The van der Waals surface area contributed by atoms with Crippen molar-refractivity contribution in [1.29, 1.82) is 0 Å². The number of benzene rings is 1. The van der Waals surface area contributed by atoms with Crippen molar-refractivity contribution >= 4 is 16.7 Å². The Kier molecular flexibility index (Phi) is 4.79. The molecule has 1 aromatic heterocycles. The lowest BCUT2D eigenvalue weighted by molar-refractivity contribution is -0.144. The van der Waals surface area contributed by atoms with Crippen LogP contribution >= 0.6 is 0 Å². The van der Waals surface area contributed by atoms with E-state index in [-0.39, 0.29) is 30.2 Å². The molecule has 0 radical (unpaired) electrons. The smallest absolute Gasteiger partial charge is 0.451 e. The number of halogens is 3. The van der Waals surface area contributed by atoms with Crippen LogP contribution in [0.15, 0.2) is 12.1 Å². The van der Waals surface area contributed by atoms with Gasteiger partial charge in [0.25, 0.3) is 0 Å². The van der Waals surface area contributed by atoms with Crippen LogP contribution in [0.5, 0.6) is 11.5 Å². The molecule has 0 saturated carbocycles. The second-order valence-corrected chi connectivity index (χ2v) is 4.74. The normalized spacial score (nSPS) is 11.6. The molecule has 0 spiro atoms. The van der Waals surface area contributed by atoms with Crippen molar-refractivity contribution in [2.45, 2.75) is 6.18 Å². The van der Waals surface area contributed by atoms with Crippen LogP contribution in [0, 0.1) is 0 Å². The number of aliphatic hydroxyl groups is 1. The van der Waals surface area contributed by atoms with Crippen LogP contribution in [0.2, 0.25) is 0 Å². The van der Waals surface area contributed by atoms with Crippen molar-refractivity contribution in [1.82, 2.24) is 9.97 Å². The largest absolute Gasteiger partial charge is 0.493 e. The minimum Gasteiger partial charge on any atom is -0.493 e. The van der Waals surface area contributed by atoms with E-state index >= 15 is 0 Å². The predicted octanol–water partition coefficient (Wildman–Crippen LogP) is 2.09. The molecule has 2 rings (SSSR count). The van der Waals surface area contributed by atoms with Gasteiger partial charge >= 0.3 is 6.18 Å². The van der Waals surface area contributed by atoms with Crippen LogP contribution in [0.3, 0.4) is 0 Å². The molecule has 23 heavy (non-hydrogen) atoms. The summed E-state index contributed by atoms with van der Waals surface area (Å²) in [5, 5.41) is 9.40. The second kappa shape index (κ2) is 6.45. The lowest BCUT2D eigenvalue weighted by Crippen LogP contribution is -2.24. The Labute approximate surface area is 130 Å². The molecule has 9 heteroatoms. The van der Waals surface area contributed by atoms with Gasteiger partial charge in [-0.1, -0.05) is 0 Å². The highest BCUT2D eigenvalue weighted by molar-refractivity contribution is 5.92. The van der Waals surface area contributed by atoms with Gasteiger partial charge in [-0.25, -0.2) is 9.97 Å². The summed E-state index contributed by atoms with van der Waals surface area (Å²) in [5.74, 6) is -0.584. The summed E-state index contributed by atoms with van der Waals surface area (Å²) in [6.07, 6.45) is -4.68. The standard InChI is InChI=1S/C14H16F3N3O3/c1-20(4-5-21)12-8-6-10(22-2)11(23-3)7-9(8)18-13(19-12)14(15,16)17/h6-7,21H,4-5H2,1-3H3. The number of likely N-dealkylation sites (N-methyl/N-ethyl adjacent to an activating group) is 1. The fourth-order valence-electron chi connectivity index (χ4n) is 2.11. The Bertz CT molecular complexity index is 707. The Hall–Kier alpha value is -2.29. The van der Waals surface area contributed by atoms with Crippen LogP contribution in [0.25, 0.3) is 10.9 Å². The summed E-state index contributed by atoms with van der Waals surface area (Å²) >= 11 is 0. The van der Waals surface area contributed by atoms with E-state index in [9.17, 15) is 13.2 Å². The van der Waals surface area contributed by atoms with Gasteiger partial charge < -0.3 is 19.5 Å². The van der Waals surface area contributed by atoms with Crippen LogP contribution in [-0.2, 0) is 6.18 Å². The number of aromatic nitrogens is 2. The zero-order valence-electron chi connectivity index (χ0n) is 12.8. The van der Waals surface area contributed by atoms with E-state index < -0.39 is 12.0 Å². The molecule has 2 aromatic rings. The molecule has 6 nitrogen and oxygen atoms in total. The lowest BCUT2D eigenvalue weighted by atomic mass is 10.2. The van der Waals surface area contributed by atoms with Gasteiger partial charge in [-0.2, -0.15) is 13.2 Å². The summed E-state index contributed by atoms with van der Waals surface area (Å²) in [6.45, 7) is -0.103. The fraction of sp³-hybridized carbons (Fsp3) is 0.429. The highest BCUT2D eigenvalue weighted by Gasteiger charge is 2.36. The Morgan fingerprint density at radius 2 is 1.74 bits per heavy atom. The molecule has 0 aliphatic rings. The van der Waals surface area contributed by atoms with Gasteiger partial charge in [-0.15, -0.1) is 0 Å². The zero-order chi connectivity index (χ0) is 17.2. The van der Waals surface area contributed by atoms with Crippen molar-refractivity contribution in [3.63, 3.8) is 0 Å². The maximum absolute atomic E-state index is 13.0. The average Bonchev–Trinajstić information content (AvgIpc) is 2.51. The number of hydrogen-bond acceptors (Lipinski definition) is 6. The molecule has 0 amide bonds. The molecule has 126 valence electrons. The first-order chi connectivity index (χ1) is 10.8. The van der Waals surface area contributed by atoms with E-state index in [4.69, 9.17) is 14.6 Å². The third kappa shape index (κ3) is 3.39. The maximum atomic E-state index is 13.0. The monoisotopic (exact) mass is 331 g/mol. The Morgan fingerprint density at radius 3 is 2.26 bits per heavy atom. The summed E-state index contributed by atoms with van der Waals surface area (Å²) in [5.41, 5.74) is 0.0739. The number of rotatable bonds is 5. The molecule has 0 bridgehead atoms. The molecule has 0 fully saturated rings. The molecule has 1 N–H and O–H groups in total. The van der Waals surface area contributed by atoms with Crippen LogP contribution in [-0.4, -0.2) is 49.5 Å². The van der Waals surface area contributed by atoms with Gasteiger partial charge in [0.2, 0.25) is 5.82 Å². The molecule has 0 saturated heterocycles. The van der Waals surface area contributed by atoms with Crippen molar-refractivity contribution in [3.8, 4) is 11.5 Å². The molecule has 0 aliphatic carbocycles. The molecular weight excluding hydrogens is 315 g/mol. The zero-order valence-corrected chi connectivity index (χ0v) is 12.8. The number of fused-ring (bicyclic) bond motifs is 1. The van der Waals surface area contributed by atoms with Gasteiger partial charge in [-0.3, -0.25) is 0 Å². The van der Waals surface area contributed by atoms with E-state index in [1.165, 1.54) is 38.3 Å². The number of ether oxygens (including phenoxy) is 2. The SMILES string of the molecule is COc1cc2nc(C(F)(F)F)nc(N(C)CCO)c2cc1OC. The highest BCUT2D eigenvalue weighted by atomic mass is 19.4. The molecule has 1 heterocycles. The summed E-state index contributed by atoms with van der Waals surface area (Å²) in [4.78, 5) is 8.60. The first-order valence-electron chi connectivity index (χ1n) is 6.64. The number of aliphatic hydroxyl groups excluding tert-OH is 1. The van der Waals surface area contributed by atoms with Crippen molar-refractivity contribution < 1.29 is 27.8 Å². The van der Waals surface area contributed by atoms with Crippen LogP contribution in [0.1, 0.15) is 5.82 Å². The summed E-state index contributed by atoms with van der Waals surface area (Å²) in [7, 11) is 4.34. The molecular formula is C14H16F3N3O3. The third-order valence-electron chi connectivity index (χ3n) is 3.23. The lowest BCUT2D eigenvalue weighted by Gasteiger charge is -2.20. The minimum absolute atomic E-state index is 0.0531. The average molecular weight is 331 g/mol. The predicted molar refractivity (Wildman–Crippen MR) is 78.0 cm³/mol. The van der Waals surface area contributed by atoms with Gasteiger partial charge in [0.15, 0.2) is 11.5 Å². The minimum atomic E-state index is -4.68. The van der Waals surface area contributed by atoms with Gasteiger partial charge in [0, 0.05) is 25.0 Å². The Morgan fingerprint density at radius 1 is 1.13 bits per heavy atom. The number of nitrogens with zero attached hydrogens (tertiary/aromatic N) is 3. The number of methoxy groups -OCH3 is 2. The molecule has 0 atom stereocenters. The topological polar surface area (TPSA) is 67.7 Å². The number of hydrogen-bond donors (Lipinski definition) is 1. The van der Waals surface area contributed by atoms with Crippen molar-refractivity contribution in [3.05, 3.63) is 18.0 Å². The van der Waals surface area contributed by atoms with Crippen LogP contribution < -0.4 is 14.4 Å². The quantitative estimate of drug-likeness (QED) is 0.905. The maximum Gasteiger partial charge on any atom is 0.451 e. The second-order valence-electron chi connectivity index (χ2n) is 4.74. The number of alkyl halides is 3. The first-order valence-corrected chi connectivity index (χ1v) is 6.64. The van der Waals surface area contributed by atoms with Crippen molar-refractivity contribution in [2.75, 3.05) is 39.3 Å². The van der Waals surface area contributed by atoms with E-state index in [1.807, 2.05) is 0 Å². The van der Waals surface area contributed by atoms with Gasteiger partial charge in [0.1, 0.15) is 5.82 Å². The molecule has 0 unspecified atom stereocenters. The third-order valence-corrected chi connectivity index (χ3v) is 3.23. The van der Waals surface area contributed by atoms with Crippen LogP contribution in [0.4, 0.5) is 19.0 Å². The summed E-state index contributed by atoms with van der Waals surface area (Å²) < 4.78 is 49.3. The van der Waals surface area contributed by atoms with E-state index in [1.54, 1.807) is 0 Å². The van der Waals surface area contributed by atoms with Gasteiger partial charge in [-0.05, 0) is 6.07 Å². The first kappa shape index (κ1) is 17.1. The molecule has 1 aromatic carbocycles. The van der Waals surface area contributed by atoms with E-state index in [2.05, 4.69) is 9.97 Å². The van der Waals surface area contributed by atoms with Crippen molar-refractivity contribution in [2.24, 2.45) is 0 Å². The Balaban J connectivity index is 2.77. The highest BCUT2D eigenvalue weighted by Crippen LogP contribution is 2.37. The van der Waals surface area contributed by atoms with E-state index in [0.717, 1.165) is 0 Å². The fourth-order valence-corrected chi connectivity index (χ4v) is 2.11. The number of anilines is 1.